The molecule has 2 aromatic heterocycles. The highest BCUT2D eigenvalue weighted by atomic mass is 32.1. The number of carbonyl (C=O) groups excluding carboxylic acids is 1. The predicted molar refractivity (Wildman–Crippen MR) is 105 cm³/mol. The second kappa shape index (κ2) is 7.37. The van der Waals surface area contributed by atoms with E-state index >= 15 is 0 Å². The van der Waals surface area contributed by atoms with Crippen LogP contribution in [0.2, 0.25) is 0 Å². The lowest BCUT2D eigenvalue weighted by molar-refractivity contribution is 0.0880. The van der Waals surface area contributed by atoms with Crippen LogP contribution in [0.3, 0.4) is 0 Å². The van der Waals surface area contributed by atoms with E-state index in [1.54, 1.807) is 12.1 Å². The quantitative estimate of drug-likeness (QED) is 0.419. The van der Waals surface area contributed by atoms with E-state index in [0.717, 1.165) is 11.1 Å². The number of furan rings is 1. The van der Waals surface area contributed by atoms with E-state index in [1.165, 1.54) is 5.01 Å². The third-order valence-electron chi connectivity index (χ3n) is 3.77. The lowest BCUT2D eigenvalue weighted by atomic mass is 10.1. The van der Waals surface area contributed by atoms with Crippen LogP contribution in [-0.4, -0.2) is 27.6 Å². The number of nitrogens with one attached hydrogen (secondary N) is 1. The second-order valence-corrected chi connectivity index (χ2v) is 6.08. The number of nitrogens with zero attached hydrogens (tertiary/aromatic N) is 2. The Hall–Kier alpha value is -3.19. The molecular weight excluding hydrogens is 348 g/mol. The zero-order valence-electron chi connectivity index (χ0n) is 14.2. The number of hydrogen-bond acceptors (Lipinski definition) is 4. The number of hydrogen-bond donors (Lipinski definition) is 2. The third kappa shape index (κ3) is 3.57. The molecular formula is C19H18N4O2S. The van der Waals surface area contributed by atoms with Crippen molar-refractivity contribution in [3.8, 4) is 11.5 Å². The van der Waals surface area contributed by atoms with Gasteiger partial charge in [0.25, 0.3) is 5.91 Å². The van der Waals surface area contributed by atoms with Crippen molar-refractivity contribution in [2.45, 2.75) is 6.92 Å². The maximum absolute atomic E-state index is 12.9. The van der Waals surface area contributed by atoms with Gasteiger partial charge in [0.15, 0.2) is 10.9 Å². The van der Waals surface area contributed by atoms with Crippen molar-refractivity contribution in [1.82, 2.24) is 15.4 Å². The van der Waals surface area contributed by atoms with Gasteiger partial charge in [-0.3, -0.25) is 15.2 Å². The first-order valence-electron chi connectivity index (χ1n) is 7.95. The Bertz CT molecular complexity index is 996. The Labute approximate surface area is 156 Å². The largest absolute Gasteiger partial charge is 0.460 e. The molecule has 2 heterocycles. The van der Waals surface area contributed by atoms with Gasteiger partial charge >= 0.3 is 0 Å². The van der Waals surface area contributed by atoms with E-state index in [0.29, 0.717) is 29.1 Å². The summed E-state index contributed by atoms with van der Waals surface area (Å²) in [4.78, 5) is 17.5. The molecule has 0 bridgehead atoms. The summed E-state index contributed by atoms with van der Waals surface area (Å²) in [6, 6.07) is 12.8. The zero-order chi connectivity index (χ0) is 18.7. The summed E-state index contributed by atoms with van der Waals surface area (Å²) in [6.07, 6.45) is 1.60. The maximum atomic E-state index is 12.9. The number of thiocarbonyl (C=S) groups is 1. The Morgan fingerprint density at radius 3 is 2.81 bits per heavy atom. The van der Waals surface area contributed by atoms with Crippen LogP contribution in [0.5, 0.6) is 0 Å². The highest BCUT2D eigenvalue weighted by Gasteiger charge is 2.17. The van der Waals surface area contributed by atoms with Crippen molar-refractivity contribution in [3.05, 3.63) is 66.4 Å². The Balaban J connectivity index is 2.07. The molecule has 0 atom stereocenters. The molecule has 0 unspecified atom stereocenters. The number of benzene rings is 1. The fourth-order valence-corrected chi connectivity index (χ4v) is 2.68. The van der Waals surface area contributed by atoms with Crippen molar-refractivity contribution in [3.63, 3.8) is 0 Å². The van der Waals surface area contributed by atoms with Crippen LogP contribution >= 0.6 is 12.2 Å². The van der Waals surface area contributed by atoms with Gasteiger partial charge in [-0.1, -0.05) is 24.3 Å². The summed E-state index contributed by atoms with van der Waals surface area (Å²) in [5, 5.41) is 2.13. The molecule has 0 aliphatic carbocycles. The lowest BCUT2D eigenvalue weighted by Gasteiger charge is -2.22. The Morgan fingerprint density at radius 1 is 1.38 bits per heavy atom. The first-order chi connectivity index (χ1) is 12.5. The van der Waals surface area contributed by atoms with Crippen LogP contribution < -0.4 is 11.2 Å². The van der Waals surface area contributed by atoms with Gasteiger partial charge < -0.3 is 10.2 Å². The van der Waals surface area contributed by atoms with E-state index in [-0.39, 0.29) is 11.0 Å². The van der Waals surface area contributed by atoms with Gasteiger partial charge in [0.05, 0.1) is 17.6 Å². The molecule has 0 aliphatic heterocycles. The topological polar surface area (TPSA) is 84.4 Å². The van der Waals surface area contributed by atoms with Crippen molar-refractivity contribution in [1.29, 1.82) is 0 Å². The van der Waals surface area contributed by atoms with Crippen molar-refractivity contribution < 1.29 is 9.21 Å². The number of para-hydroxylation sites is 1. The van der Waals surface area contributed by atoms with Crippen LogP contribution in [-0.2, 0) is 0 Å². The van der Waals surface area contributed by atoms with Crippen LogP contribution in [0, 0.1) is 6.92 Å². The monoisotopic (exact) mass is 366 g/mol. The number of hydrazine groups is 1. The number of fused-ring (bicyclic) bond motifs is 1. The summed E-state index contributed by atoms with van der Waals surface area (Å²) >= 11 is 4.97. The van der Waals surface area contributed by atoms with Crippen molar-refractivity contribution in [2.24, 2.45) is 5.73 Å². The number of amides is 1. The highest BCUT2D eigenvalue weighted by Crippen LogP contribution is 2.26. The summed E-state index contributed by atoms with van der Waals surface area (Å²) in [6.45, 7) is 5.79. The predicted octanol–water partition coefficient (Wildman–Crippen LogP) is 3.18. The molecule has 132 valence electrons. The van der Waals surface area contributed by atoms with Crippen molar-refractivity contribution >= 4 is 34.1 Å². The molecule has 0 fully saturated rings. The minimum absolute atomic E-state index is 0.0542. The van der Waals surface area contributed by atoms with Crippen molar-refractivity contribution in [2.75, 3.05) is 6.54 Å². The molecule has 0 saturated heterocycles. The first-order valence-corrected chi connectivity index (χ1v) is 8.36. The standard InChI is InChI=1S/C19H18N4O2S/c1-3-10-23(19(20)26)22-18(24)14-11-16(17-9-8-12(2)25-17)21-15-7-5-4-6-13(14)15/h3-9,11H,1,10H2,2H3,(H2,20,26)(H,22,24). The lowest BCUT2D eigenvalue weighted by Crippen LogP contribution is -2.48. The Kier molecular flexibility index (Phi) is 4.99. The minimum atomic E-state index is -0.345. The van der Waals surface area contributed by atoms with E-state index in [2.05, 4.69) is 17.0 Å². The second-order valence-electron chi connectivity index (χ2n) is 5.66. The van der Waals surface area contributed by atoms with E-state index < -0.39 is 0 Å². The first kappa shape index (κ1) is 17.6. The number of nitrogens with two attached hydrogens (primary N) is 1. The smallest absolute Gasteiger partial charge is 0.270 e. The molecule has 1 aromatic carbocycles. The number of rotatable bonds is 4. The van der Waals surface area contributed by atoms with Crippen LogP contribution in [0.15, 0.2) is 59.5 Å². The van der Waals surface area contributed by atoms with Gasteiger partial charge in [-0.15, -0.1) is 6.58 Å². The van der Waals surface area contributed by atoms with Gasteiger partial charge in [0, 0.05) is 5.39 Å². The fraction of sp³-hybridized carbons (Fsp3) is 0.105. The van der Waals surface area contributed by atoms with Gasteiger partial charge in [-0.05, 0) is 43.4 Å². The molecule has 26 heavy (non-hydrogen) atoms. The Morgan fingerprint density at radius 2 is 2.15 bits per heavy atom. The van der Waals surface area contributed by atoms with E-state index in [1.807, 2.05) is 43.3 Å². The highest BCUT2D eigenvalue weighted by molar-refractivity contribution is 7.80. The number of aryl methyl sites for hydroxylation is 1. The van der Waals surface area contributed by atoms with Gasteiger partial charge in [0.2, 0.25) is 0 Å². The molecule has 0 saturated carbocycles. The van der Waals surface area contributed by atoms with Crippen LogP contribution in [0.4, 0.5) is 0 Å². The summed E-state index contributed by atoms with van der Waals surface area (Å²) in [5.41, 5.74) is 10.1. The van der Waals surface area contributed by atoms with Gasteiger partial charge in [0.1, 0.15) is 11.5 Å². The number of carbonyl (C=O) groups is 1. The molecule has 0 radical (unpaired) electrons. The van der Waals surface area contributed by atoms with Gasteiger partial charge in [-0.2, -0.15) is 0 Å². The molecule has 0 spiro atoms. The minimum Gasteiger partial charge on any atom is -0.460 e. The number of pyridine rings is 1. The molecule has 6 nitrogen and oxygen atoms in total. The third-order valence-corrected chi connectivity index (χ3v) is 3.99. The SMILES string of the molecule is C=CCN(NC(=O)c1cc(-c2ccc(C)o2)nc2ccccc12)C(N)=S. The summed E-state index contributed by atoms with van der Waals surface area (Å²) < 4.78 is 5.65. The van der Waals surface area contributed by atoms with Crippen LogP contribution in [0.1, 0.15) is 16.1 Å². The molecule has 0 aliphatic rings. The average molecular weight is 366 g/mol. The molecule has 3 rings (SSSR count). The molecule has 3 aromatic rings. The fourth-order valence-electron chi connectivity index (χ4n) is 2.56. The normalized spacial score (nSPS) is 10.5. The molecule has 3 N–H and O–H groups in total. The average Bonchev–Trinajstić information content (AvgIpc) is 3.06. The van der Waals surface area contributed by atoms with E-state index in [4.69, 9.17) is 22.4 Å². The molecule has 1 amide bonds. The molecule has 7 heteroatoms. The van der Waals surface area contributed by atoms with Crippen LogP contribution in [0.25, 0.3) is 22.4 Å². The van der Waals surface area contributed by atoms with E-state index in [9.17, 15) is 4.79 Å². The summed E-state index contributed by atoms with van der Waals surface area (Å²) in [5.74, 6) is 1.02. The van der Waals surface area contributed by atoms with Gasteiger partial charge in [-0.25, -0.2) is 4.98 Å². The number of aromatic nitrogens is 1. The maximum Gasteiger partial charge on any atom is 0.270 e. The summed E-state index contributed by atoms with van der Waals surface area (Å²) in [7, 11) is 0. The zero-order valence-corrected chi connectivity index (χ0v) is 15.0.